The van der Waals surface area contributed by atoms with E-state index in [0.717, 1.165) is 36.0 Å². The number of nitrogens with zero attached hydrogens (tertiary/aromatic N) is 3. The van der Waals surface area contributed by atoms with Crippen molar-refractivity contribution in [3.8, 4) is 0 Å². The minimum absolute atomic E-state index is 0.0286. The largest absolute Gasteiger partial charge is 0.334 e. The zero-order valence-corrected chi connectivity index (χ0v) is 16.5. The molecule has 0 unspecified atom stereocenters. The average Bonchev–Trinajstić information content (AvgIpc) is 3.16. The first kappa shape index (κ1) is 18.5. The number of carbonyl (C=O) groups excluding carboxylic acids is 1. The van der Waals surface area contributed by atoms with E-state index in [1.807, 2.05) is 36.5 Å². The van der Waals surface area contributed by atoms with Gasteiger partial charge in [0.25, 0.3) is 0 Å². The highest BCUT2D eigenvalue weighted by molar-refractivity contribution is 5.75. The van der Waals surface area contributed by atoms with Crippen molar-refractivity contribution in [2.24, 2.45) is 0 Å². The average molecular weight is 377 g/mol. The summed E-state index contributed by atoms with van der Waals surface area (Å²) in [5, 5.41) is 3.06. The van der Waals surface area contributed by atoms with E-state index >= 15 is 0 Å². The van der Waals surface area contributed by atoms with E-state index in [0.29, 0.717) is 12.6 Å². The van der Waals surface area contributed by atoms with Crippen LogP contribution in [0.5, 0.6) is 0 Å². The summed E-state index contributed by atoms with van der Waals surface area (Å²) in [6.45, 7) is 1.35. The summed E-state index contributed by atoms with van der Waals surface area (Å²) < 4.78 is 2.16. The lowest BCUT2D eigenvalue weighted by Gasteiger charge is -2.31. The van der Waals surface area contributed by atoms with Crippen LogP contribution in [0, 0.1) is 0 Å². The maximum atomic E-state index is 12.4. The molecule has 146 valence electrons. The van der Waals surface area contributed by atoms with Crippen LogP contribution in [0.2, 0.25) is 0 Å². The molecule has 4 rings (SSSR count). The smallest absolute Gasteiger partial charge is 0.317 e. The summed E-state index contributed by atoms with van der Waals surface area (Å²) in [7, 11) is 1.92. The van der Waals surface area contributed by atoms with E-state index in [4.69, 9.17) is 0 Å². The van der Waals surface area contributed by atoms with Crippen molar-refractivity contribution in [3.63, 3.8) is 0 Å². The fraction of sp³-hybridized carbons (Fsp3) is 0.391. The first-order valence-electron chi connectivity index (χ1n) is 10.2. The fourth-order valence-electron chi connectivity index (χ4n) is 4.03. The normalized spacial score (nSPS) is 14.9. The zero-order chi connectivity index (χ0) is 19.3. The van der Waals surface area contributed by atoms with Crippen LogP contribution in [0.25, 0.3) is 11.0 Å². The monoisotopic (exact) mass is 376 g/mol. The van der Waals surface area contributed by atoms with Crippen molar-refractivity contribution >= 4 is 17.1 Å². The maximum Gasteiger partial charge on any atom is 0.317 e. The third kappa shape index (κ3) is 4.19. The van der Waals surface area contributed by atoms with Crippen molar-refractivity contribution in [3.05, 3.63) is 66.0 Å². The standard InChI is InChI=1S/C23H28N4O/c1-26(20-7-3-2-4-8-20)23(28)24-15-18-11-13-19(14-12-18)16-27-17-25-21-9-5-6-10-22(21)27/h5-6,9-14,17,20H,2-4,7-8,15-16H2,1H3,(H,24,28). The summed E-state index contributed by atoms with van der Waals surface area (Å²) >= 11 is 0. The molecule has 0 spiro atoms. The van der Waals surface area contributed by atoms with Gasteiger partial charge in [-0.1, -0.05) is 55.7 Å². The number of para-hydroxylation sites is 2. The number of hydrogen-bond acceptors (Lipinski definition) is 2. The van der Waals surface area contributed by atoms with Gasteiger partial charge in [0.1, 0.15) is 0 Å². The predicted octanol–water partition coefficient (Wildman–Crippen LogP) is 4.56. The molecule has 5 heteroatoms. The van der Waals surface area contributed by atoms with Crippen molar-refractivity contribution < 1.29 is 4.79 Å². The molecule has 1 aromatic heterocycles. The molecule has 0 bridgehead atoms. The Morgan fingerprint density at radius 2 is 1.79 bits per heavy atom. The van der Waals surface area contributed by atoms with Crippen molar-refractivity contribution in [1.29, 1.82) is 0 Å². The number of aromatic nitrogens is 2. The third-order valence-electron chi connectivity index (χ3n) is 5.79. The van der Waals surface area contributed by atoms with Gasteiger partial charge in [-0.25, -0.2) is 9.78 Å². The second kappa shape index (κ2) is 8.46. The van der Waals surface area contributed by atoms with Gasteiger partial charge in [-0.05, 0) is 36.1 Å². The molecule has 0 saturated heterocycles. The number of hydrogen-bond donors (Lipinski definition) is 1. The molecule has 1 aliphatic rings. The third-order valence-corrected chi connectivity index (χ3v) is 5.79. The molecule has 1 saturated carbocycles. The van der Waals surface area contributed by atoms with Crippen LogP contribution in [0.15, 0.2) is 54.9 Å². The van der Waals surface area contributed by atoms with E-state index in [2.05, 4.69) is 45.2 Å². The number of urea groups is 1. The lowest BCUT2D eigenvalue weighted by Crippen LogP contribution is -2.44. The van der Waals surface area contributed by atoms with Crippen LogP contribution in [0.1, 0.15) is 43.2 Å². The highest BCUT2D eigenvalue weighted by Crippen LogP contribution is 2.21. The van der Waals surface area contributed by atoms with E-state index in [1.54, 1.807) is 0 Å². The van der Waals surface area contributed by atoms with Gasteiger partial charge in [-0.15, -0.1) is 0 Å². The molecule has 2 aromatic carbocycles. The van der Waals surface area contributed by atoms with E-state index in [1.165, 1.54) is 24.8 Å². The van der Waals surface area contributed by atoms with Gasteiger partial charge < -0.3 is 14.8 Å². The summed E-state index contributed by atoms with van der Waals surface area (Å²) in [5.41, 5.74) is 4.50. The van der Waals surface area contributed by atoms with Gasteiger partial charge in [0.2, 0.25) is 0 Å². The Hall–Kier alpha value is -2.82. The maximum absolute atomic E-state index is 12.4. The number of amides is 2. The van der Waals surface area contributed by atoms with Crippen LogP contribution in [0.3, 0.4) is 0 Å². The first-order chi connectivity index (χ1) is 13.7. The Bertz CT molecular complexity index is 925. The van der Waals surface area contributed by atoms with Gasteiger partial charge in [-0.3, -0.25) is 0 Å². The van der Waals surface area contributed by atoms with Gasteiger partial charge in [0.05, 0.1) is 17.4 Å². The van der Waals surface area contributed by atoms with E-state index in [9.17, 15) is 4.79 Å². The minimum Gasteiger partial charge on any atom is -0.334 e. The Balaban J connectivity index is 1.32. The number of carbonyl (C=O) groups is 1. The zero-order valence-electron chi connectivity index (χ0n) is 16.5. The number of imidazole rings is 1. The van der Waals surface area contributed by atoms with E-state index in [-0.39, 0.29) is 6.03 Å². The highest BCUT2D eigenvalue weighted by Gasteiger charge is 2.21. The van der Waals surface area contributed by atoms with Crippen LogP contribution < -0.4 is 5.32 Å². The van der Waals surface area contributed by atoms with Crippen LogP contribution in [-0.4, -0.2) is 33.6 Å². The Morgan fingerprint density at radius 3 is 2.57 bits per heavy atom. The Kier molecular flexibility index (Phi) is 5.60. The van der Waals surface area contributed by atoms with Crippen molar-refractivity contribution in [2.75, 3.05) is 7.05 Å². The SMILES string of the molecule is CN(C(=O)NCc1ccc(Cn2cnc3ccccc32)cc1)C1CCCCC1. The van der Waals surface area contributed by atoms with Crippen LogP contribution in [0.4, 0.5) is 4.79 Å². The molecule has 1 aliphatic carbocycles. The molecule has 1 heterocycles. The van der Waals surface area contributed by atoms with Crippen LogP contribution >= 0.6 is 0 Å². The Labute approximate surface area is 166 Å². The van der Waals surface area contributed by atoms with Crippen molar-refractivity contribution in [2.45, 2.75) is 51.2 Å². The van der Waals surface area contributed by atoms with Gasteiger partial charge in [0, 0.05) is 26.2 Å². The van der Waals surface area contributed by atoms with Gasteiger partial charge in [0.15, 0.2) is 0 Å². The molecule has 5 nitrogen and oxygen atoms in total. The van der Waals surface area contributed by atoms with Gasteiger partial charge >= 0.3 is 6.03 Å². The van der Waals surface area contributed by atoms with Gasteiger partial charge in [-0.2, -0.15) is 0 Å². The lowest BCUT2D eigenvalue weighted by atomic mass is 9.95. The molecule has 0 aliphatic heterocycles. The molecular weight excluding hydrogens is 348 g/mol. The summed E-state index contributed by atoms with van der Waals surface area (Å²) in [5.74, 6) is 0. The highest BCUT2D eigenvalue weighted by atomic mass is 16.2. The summed E-state index contributed by atoms with van der Waals surface area (Å²) in [6.07, 6.45) is 7.90. The molecule has 3 aromatic rings. The second-order valence-corrected chi connectivity index (χ2v) is 7.74. The molecule has 0 radical (unpaired) electrons. The number of rotatable bonds is 5. The molecule has 2 amide bonds. The summed E-state index contributed by atoms with van der Waals surface area (Å²) in [4.78, 5) is 18.8. The van der Waals surface area contributed by atoms with Crippen molar-refractivity contribution in [1.82, 2.24) is 19.8 Å². The Morgan fingerprint density at radius 1 is 1.07 bits per heavy atom. The lowest BCUT2D eigenvalue weighted by molar-refractivity contribution is 0.173. The number of fused-ring (bicyclic) bond motifs is 1. The fourth-order valence-corrected chi connectivity index (χ4v) is 4.03. The molecule has 0 atom stereocenters. The molecule has 1 N–H and O–H groups in total. The topological polar surface area (TPSA) is 50.2 Å². The minimum atomic E-state index is 0.0286. The number of benzene rings is 2. The predicted molar refractivity (Wildman–Crippen MR) is 112 cm³/mol. The second-order valence-electron chi connectivity index (χ2n) is 7.74. The molecule has 28 heavy (non-hydrogen) atoms. The molecular formula is C23H28N4O. The van der Waals surface area contributed by atoms with E-state index < -0.39 is 0 Å². The number of nitrogens with one attached hydrogen (secondary N) is 1. The molecule has 1 fully saturated rings. The van der Waals surface area contributed by atoms with Crippen LogP contribution in [-0.2, 0) is 13.1 Å². The quantitative estimate of drug-likeness (QED) is 0.710. The first-order valence-corrected chi connectivity index (χ1v) is 10.2. The summed E-state index contributed by atoms with van der Waals surface area (Å²) in [6, 6.07) is 17.0.